The Morgan fingerprint density at radius 3 is 2.50 bits per heavy atom. The molecule has 0 amide bonds. The summed E-state index contributed by atoms with van der Waals surface area (Å²) in [5.74, 6) is 0. The number of halogens is 3. The summed E-state index contributed by atoms with van der Waals surface area (Å²) in [4.78, 5) is 3.29. The number of rotatable bonds is 2. The molecule has 0 aromatic carbocycles. The Bertz CT molecular complexity index is 568. The third-order valence-electron chi connectivity index (χ3n) is 1.63. The zero-order valence-electron chi connectivity index (χ0n) is 7.49. The normalized spacial score (nSPS) is 11.5. The molecule has 16 heavy (non-hydrogen) atoms. The minimum absolute atomic E-state index is 0.352. The van der Waals surface area contributed by atoms with E-state index in [0.717, 1.165) is 0 Å². The molecule has 1 rings (SSSR count). The number of alkyl halides is 2. The highest BCUT2D eigenvalue weighted by atomic mass is 79.9. The van der Waals surface area contributed by atoms with Gasteiger partial charge in [0.15, 0.2) is 5.03 Å². The van der Waals surface area contributed by atoms with Gasteiger partial charge in [-0.1, -0.05) is 0 Å². The zero-order valence-corrected chi connectivity index (χ0v) is 9.89. The molecule has 0 aliphatic heterocycles. The van der Waals surface area contributed by atoms with Crippen molar-refractivity contribution in [3.63, 3.8) is 0 Å². The number of nitrogens with zero attached hydrogens (tertiary/aromatic N) is 2. The lowest BCUT2D eigenvalue weighted by Crippen LogP contribution is -2.16. The molecule has 1 aromatic heterocycles. The van der Waals surface area contributed by atoms with Crippen molar-refractivity contribution in [1.82, 2.24) is 4.98 Å². The molecule has 9 heteroatoms. The van der Waals surface area contributed by atoms with E-state index in [-0.39, 0.29) is 4.47 Å². The van der Waals surface area contributed by atoms with Crippen molar-refractivity contribution >= 4 is 26.0 Å². The van der Waals surface area contributed by atoms with Gasteiger partial charge in [0, 0.05) is 6.20 Å². The van der Waals surface area contributed by atoms with Crippen LogP contribution in [0, 0.1) is 11.3 Å². The molecule has 0 aliphatic rings. The van der Waals surface area contributed by atoms with E-state index in [2.05, 4.69) is 20.9 Å². The van der Waals surface area contributed by atoms with Crippen molar-refractivity contribution in [2.45, 2.75) is 11.5 Å². The second-order valence-electron chi connectivity index (χ2n) is 2.67. The molecule has 0 atom stereocenters. The minimum atomic E-state index is -4.16. The Morgan fingerprint density at radius 1 is 1.56 bits per heavy atom. The Kier molecular flexibility index (Phi) is 3.57. The monoisotopic (exact) mass is 311 g/mol. The molecule has 5 nitrogen and oxygen atoms in total. The van der Waals surface area contributed by atoms with Gasteiger partial charge in [-0.05, 0) is 15.9 Å². The Hall–Kier alpha value is -1.11. The third-order valence-corrected chi connectivity index (χ3v) is 3.52. The number of aromatic nitrogens is 1. The Balaban J connectivity index is 3.61. The summed E-state index contributed by atoms with van der Waals surface area (Å²) < 4.78 is 46.5. The van der Waals surface area contributed by atoms with Crippen LogP contribution in [0.5, 0.6) is 0 Å². The summed E-state index contributed by atoms with van der Waals surface area (Å²) >= 11 is 2.72. The molecule has 0 fully saturated rings. The van der Waals surface area contributed by atoms with E-state index in [4.69, 9.17) is 10.4 Å². The topological polar surface area (TPSA) is 96.8 Å². The van der Waals surface area contributed by atoms with Gasteiger partial charge in [0.25, 0.3) is 16.4 Å². The molecule has 0 saturated carbocycles. The average Bonchev–Trinajstić information content (AvgIpc) is 2.14. The van der Waals surface area contributed by atoms with E-state index in [0.29, 0.717) is 6.20 Å². The fourth-order valence-electron chi connectivity index (χ4n) is 0.960. The van der Waals surface area contributed by atoms with E-state index in [1.807, 2.05) is 0 Å². The van der Waals surface area contributed by atoms with E-state index < -0.39 is 32.6 Å². The molecule has 0 bridgehead atoms. The van der Waals surface area contributed by atoms with Gasteiger partial charge in [0.1, 0.15) is 6.07 Å². The first-order valence-electron chi connectivity index (χ1n) is 3.68. The van der Waals surface area contributed by atoms with Crippen molar-refractivity contribution < 1.29 is 17.2 Å². The van der Waals surface area contributed by atoms with Crippen LogP contribution in [0.4, 0.5) is 8.78 Å². The SMILES string of the molecule is N#Cc1c(C(F)F)cnc(S(N)(=O)=O)c1Br. The average molecular weight is 312 g/mol. The van der Waals surface area contributed by atoms with Crippen LogP contribution < -0.4 is 5.14 Å². The van der Waals surface area contributed by atoms with Crippen LogP contribution in [0.1, 0.15) is 17.6 Å². The molecule has 0 unspecified atom stereocenters. The van der Waals surface area contributed by atoms with Gasteiger partial charge in [0.05, 0.1) is 15.6 Å². The van der Waals surface area contributed by atoms with Gasteiger partial charge in [-0.3, -0.25) is 0 Å². The van der Waals surface area contributed by atoms with Gasteiger partial charge in [-0.2, -0.15) is 5.26 Å². The summed E-state index contributed by atoms with van der Waals surface area (Å²) in [6.07, 6.45) is -2.30. The standard InChI is InChI=1S/C7H4BrF2N3O2S/c8-5-3(1-11)4(6(9)10)2-13-7(5)16(12,14)15/h2,6H,(H2,12,14,15). The van der Waals surface area contributed by atoms with Crippen LogP contribution >= 0.6 is 15.9 Å². The fraction of sp³-hybridized carbons (Fsp3) is 0.143. The Labute approximate surface area is 98.1 Å². The molecule has 0 aliphatic carbocycles. The third kappa shape index (κ3) is 2.34. The maximum Gasteiger partial charge on any atom is 0.266 e. The highest BCUT2D eigenvalue weighted by Crippen LogP contribution is 2.30. The highest BCUT2D eigenvalue weighted by molar-refractivity contribution is 9.10. The van der Waals surface area contributed by atoms with Crippen molar-refractivity contribution in [3.8, 4) is 6.07 Å². The fourth-order valence-corrected chi connectivity index (χ4v) is 2.61. The molecule has 86 valence electrons. The molecular weight excluding hydrogens is 308 g/mol. The first-order valence-corrected chi connectivity index (χ1v) is 6.02. The predicted octanol–water partition coefficient (Wildman–Crippen LogP) is 1.30. The zero-order chi connectivity index (χ0) is 12.5. The maximum atomic E-state index is 12.4. The number of hydrogen-bond donors (Lipinski definition) is 1. The summed E-state index contributed by atoms with van der Waals surface area (Å²) in [7, 11) is -4.16. The molecule has 0 spiro atoms. The number of primary sulfonamides is 1. The summed E-state index contributed by atoms with van der Waals surface area (Å²) in [6.45, 7) is 0. The summed E-state index contributed by atoms with van der Waals surface area (Å²) in [5, 5.41) is 12.8. The van der Waals surface area contributed by atoms with E-state index in [1.54, 1.807) is 0 Å². The number of hydrogen-bond acceptors (Lipinski definition) is 4. The maximum absolute atomic E-state index is 12.4. The van der Waals surface area contributed by atoms with Gasteiger partial charge < -0.3 is 0 Å². The largest absolute Gasteiger partial charge is 0.266 e. The number of nitriles is 1. The molecule has 1 heterocycles. The highest BCUT2D eigenvalue weighted by Gasteiger charge is 2.23. The summed E-state index contributed by atoms with van der Waals surface area (Å²) in [5.41, 5.74) is -1.14. The predicted molar refractivity (Wildman–Crippen MR) is 53.0 cm³/mol. The van der Waals surface area contributed by atoms with E-state index in [1.165, 1.54) is 6.07 Å². The van der Waals surface area contributed by atoms with Gasteiger partial charge in [0.2, 0.25) is 0 Å². The van der Waals surface area contributed by atoms with Crippen LogP contribution in [-0.2, 0) is 10.0 Å². The van der Waals surface area contributed by atoms with Crippen molar-refractivity contribution in [2.75, 3.05) is 0 Å². The molecule has 2 N–H and O–H groups in total. The van der Waals surface area contributed by atoms with Crippen molar-refractivity contribution in [1.29, 1.82) is 5.26 Å². The van der Waals surface area contributed by atoms with Crippen LogP contribution in [0.25, 0.3) is 0 Å². The van der Waals surface area contributed by atoms with Gasteiger partial charge in [-0.25, -0.2) is 27.3 Å². The molecule has 0 radical (unpaired) electrons. The molecule has 0 saturated heterocycles. The summed E-state index contributed by atoms with van der Waals surface area (Å²) in [6, 6.07) is 1.47. The molecular formula is C7H4BrF2N3O2S. The van der Waals surface area contributed by atoms with Crippen molar-refractivity contribution in [2.24, 2.45) is 5.14 Å². The lowest BCUT2D eigenvalue weighted by Gasteiger charge is -2.07. The number of sulfonamides is 1. The molecule has 1 aromatic rings. The van der Waals surface area contributed by atoms with Crippen LogP contribution in [0.2, 0.25) is 0 Å². The number of nitrogens with two attached hydrogens (primary N) is 1. The van der Waals surface area contributed by atoms with Gasteiger partial charge in [-0.15, -0.1) is 0 Å². The van der Waals surface area contributed by atoms with E-state index >= 15 is 0 Å². The first kappa shape index (κ1) is 13.0. The van der Waals surface area contributed by atoms with Crippen LogP contribution in [0.15, 0.2) is 15.7 Å². The van der Waals surface area contributed by atoms with Crippen LogP contribution in [-0.4, -0.2) is 13.4 Å². The van der Waals surface area contributed by atoms with Gasteiger partial charge >= 0.3 is 0 Å². The van der Waals surface area contributed by atoms with Crippen LogP contribution in [0.3, 0.4) is 0 Å². The number of pyridine rings is 1. The Morgan fingerprint density at radius 2 is 2.12 bits per heavy atom. The second-order valence-corrected chi connectivity index (χ2v) is 4.93. The minimum Gasteiger partial charge on any atom is -0.242 e. The van der Waals surface area contributed by atoms with Crippen molar-refractivity contribution in [3.05, 3.63) is 21.8 Å². The first-order chi connectivity index (χ1) is 7.29. The quantitative estimate of drug-likeness (QED) is 0.890. The second kappa shape index (κ2) is 4.40. The van der Waals surface area contributed by atoms with E-state index in [9.17, 15) is 17.2 Å². The lowest BCUT2D eigenvalue weighted by molar-refractivity contribution is 0.150. The lowest BCUT2D eigenvalue weighted by atomic mass is 10.2. The smallest absolute Gasteiger partial charge is 0.242 e.